The molecule has 2 atom stereocenters. The first-order chi connectivity index (χ1) is 11.7. The quantitative estimate of drug-likeness (QED) is 0.836. The number of nitrogens with one attached hydrogen (secondary N) is 1. The summed E-state index contributed by atoms with van der Waals surface area (Å²) in [7, 11) is 0. The average molecular weight is 335 g/mol. The number of hydrogen-bond acceptors (Lipinski definition) is 3. The van der Waals surface area contributed by atoms with Crippen LogP contribution in [0.5, 0.6) is 0 Å². The molecular formula is C19H33N3O2. The van der Waals surface area contributed by atoms with Crippen LogP contribution in [0.4, 0.5) is 0 Å². The lowest BCUT2D eigenvalue weighted by Crippen LogP contribution is -2.58. The Hall–Kier alpha value is -1.10. The van der Waals surface area contributed by atoms with Crippen molar-refractivity contribution in [2.24, 2.45) is 11.8 Å². The van der Waals surface area contributed by atoms with Crippen LogP contribution < -0.4 is 5.32 Å². The van der Waals surface area contributed by atoms with E-state index in [0.29, 0.717) is 12.5 Å². The first kappa shape index (κ1) is 17.7. The van der Waals surface area contributed by atoms with E-state index in [1.54, 1.807) is 0 Å². The van der Waals surface area contributed by atoms with Crippen LogP contribution in [0.15, 0.2) is 0 Å². The minimum atomic E-state index is 0.186. The fourth-order valence-corrected chi connectivity index (χ4v) is 4.77. The SMILES string of the molecule is CCC(CC1CCCC1)C(=O)N1CCCC(N2CCNCC2=O)C1. The molecule has 0 aromatic carbocycles. The number of nitrogens with zero attached hydrogens (tertiary/aromatic N) is 2. The van der Waals surface area contributed by atoms with E-state index >= 15 is 0 Å². The Labute approximate surface area is 146 Å². The van der Waals surface area contributed by atoms with Gasteiger partial charge in [0.2, 0.25) is 11.8 Å². The number of piperidine rings is 1. The van der Waals surface area contributed by atoms with Gasteiger partial charge in [0.25, 0.3) is 0 Å². The third-order valence-corrected chi connectivity index (χ3v) is 6.21. The summed E-state index contributed by atoms with van der Waals surface area (Å²) in [5.41, 5.74) is 0. The molecule has 0 aromatic heterocycles. The summed E-state index contributed by atoms with van der Waals surface area (Å²) in [5.74, 6) is 1.48. The standard InChI is InChI=1S/C19H33N3O2/c1-2-16(12-15-6-3-4-7-15)19(24)21-10-5-8-17(14-21)22-11-9-20-13-18(22)23/h15-17,20H,2-14H2,1H3. The van der Waals surface area contributed by atoms with Crippen molar-refractivity contribution in [1.29, 1.82) is 0 Å². The Morgan fingerprint density at radius 3 is 2.71 bits per heavy atom. The summed E-state index contributed by atoms with van der Waals surface area (Å²) < 4.78 is 0. The largest absolute Gasteiger partial charge is 0.340 e. The molecule has 5 heteroatoms. The third kappa shape index (κ3) is 4.11. The van der Waals surface area contributed by atoms with Gasteiger partial charge >= 0.3 is 0 Å². The highest BCUT2D eigenvalue weighted by molar-refractivity contribution is 5.80. The molecule has 1 N–H and O–H groups in total. The molecule has 3 rings (SSSR count). The molecule has 0 bridgehead atoms. The molecule has 0 spiro atoms. The minimum Gasteiger partial charge on any atom is -0.340 e. The van der Waals surface area contributed by atoms with E-state index in [1.807, 2.05) is 4.90 Å². The van der Waals surface area contributed by atoms with Crippen molar-refractivity contribution < 1.29 is 9.59 Å². The van der Waals surface area contributed by atoms with E-state index in [4.69, 9.17) is 0 Å². The van der Waals surface area contributed by atoms with E-state index in [1.165, 1.54) is 25.7 Å². The van der Waals surface area contributed by atoms with Gasteiger partial charge in [-0.3, -0.25) is 9.59 Å². The van der Waals surface area contributed by atoms with Gasteiger partial charge in [0.15, 0.2) is 0 Å². The number of hydrogen-bond donors (Lipinski definition) is 1. The molecule has 2 amide bonds. The Bertz CT molecular complexity index is 448. The van der Waals surface area contributed by atoms with E-state index in [0.717, 1.165) is 57.8 Å². The molecule has 2 heterocycles. The molecule has 2 aliphatic heterocycles. The van der Waals surface area contributed by atoms with Crippen LogP contribution in [0.25, 0.3) is 0 Å². The zero-order valence-electron chi connectivity index (χ0n) is 15.1. The molecule has 2 saturated heterocycles. The zero-order valence-corrected chi connectivity index (χ0v) is 15.1. The molecule has 0 radical (unpaired) electrons. The highest BCUT2D eigenvalue weighted by Crippen LogP contribution is 2.32. The van der Waals surface area contributed by atoms with Crippen molar-refractivity contribution in [3.05, 3.63) is 0 Å². The Morgan fingerprint density at radius 1 is 1.21 bits per heavy atom. The second-order valence-electron chi connectivity index (χ2n) is 7.84. The lowest BCUT2D eigenvalue weighted by Gasteiger charge is -2.42. The number of carbonyl (C=O) groups is 2. The van der Waals surface area contributed by atoms with Gasteiger partial charge in [0.05, 0.1) is 6.54 Å². The van der Waals surface area contributed by atoms with Crippen LogP contribution in [0, 0.1) is 11.8 Å². The molecular weight excluding hydrogens is 302 g/mol. The van der Waals surface area contributed by atoms with Gasteiger partial charge in [-0.15, -0.1) is 0 Å². The van der Waals surface area contributed by atoms with Crippen LogP contribution in [0.2, 0.25) is 0 Å². The van der Waals surface area contributed by atoms with Crippen molar-refractivity contribution in [2.45, 2.75) is 64.3 Å². The van der Waals surface area contributed by atoms with Gasteiger partial charge < -0.3 is 15.1 Å². The second kappa shape index (κ2) is 8.32. The van der Waals surface area contributed by atoms with Gasteiger partial charge in [0, 0.05) is 38.1 Å². The average Bonchev–Trinajstić information content (AvgIpc) is 3.13. The highest BCUT2D eigenvalue weighted by Gasteiger charge is 2.34. The highest BCUT2D eigenvalue weighted by atomic mass is 16.2. The van der Waals surface area contributed by atoms with Crippen molar-refractivity contribution in [3.63, 3.8) is 0 Å². The smallest absolute Gasteiger partial charge is 0.236 e. The lowest BCUT2D eigenvalue weighted by atomic mass is 9.89. The molecule has 5 nitrogen and oxygen atoms in total. The number of piperazine rings is 1. The monoisotopic (exact) mass is 335 g/mol. The van der Waals surface area contributed by atoms with Crippen molar-refractivity contribution in [1.82, 2.24) is 15.1 Å². The number of rotatable bonds is 5. The van der Waals surface area contributed by atoms with Crippen LogP contribution >= 0.6 is 0 Å². The predicted molar refractivity (Wildman–Crippen MR) is 94.5 cm³/mol. The molecule has 1 aliphatic carbocycles. The zero-order chi connectivity index (χ0) is 16.9. The van der Waals surface area contributed by atoms with E-state index in [-0.39, 0.29) is 17.9 Å². The van der Waals surface area contributed by atoms with Gasteiger partial charge in [0.1, 0.15) is 0 Å². The minimum absolute atomic E-state index is 0.186. The van der Waals surface area contributed by atoms with Crippen molar-refractivity contribution >= 4 is 11.8 Å². The first-order valence-corrected chi connectivity index (χ1v) is 9.98. The number of carbonyl (C=O) groups excluding carboxylic acids is 2. The van der Waals surface area contributed by atoms with E-state index < -0.39 is 0 Å². The van der Waals surface area contributed by atoms with Crippen molar-refractivity contribution in [2.75, 3.05) is 32.7 Å². The second-order valence-corrected chi connectivity index (χ2v) is 7.84. The molecule has 3 aliphatic rings. The Morgan fingerprint density at radius 2 is 2.00 bits per heavy atom. The summed E-state index contributed by atoms with van der Waals surface area (Å²) in [6.45, 7) is 5.87. The molecule has 2 unspecified atom stereocenters. The molecule has 136 valence electrons. The van der Waals surface area contributed by atoms with Crippen LogP contribution in [0.1, 0.15) is 58.3 Å². The number of amides is 2. The van der Waals surface area contributed by atoms with Crippen LogP contribution in [-0.2, 0) is 9.59 Å². The van der Waals surface area contributed by atoms with E-state index in [9.17, 15) is 9.59 Å². The molecule has 0 aromatic rings. The summed E-state index contributed by atoms with van der Waals surface area (Å²) in [5, 5.41) is 3.13. The molecule has 3 fully saturated rings. The lowest BCUT2D eigenvalue weighted by molar-refractivity contribution is -0.143. The Kier molecular flexibility index (Phi) is 6.14. The van der Waals surface area contributed by atoms with Crippen LogP contribution in [-0.4, -0.2) is 60.4 Å². The maximum atomic E-state index is 13.0. The summed E-state index contributed by atoms with van der Waals surface area (Å²) >= 11 is 0. The summed E-state index contributed by atoms with van der Waals surface area (Å²) in [4.78, 5) is 29.3. The fourth-order valence-electron chi connectivity index (χ4n) is 4.77. The predicted octanol–water partition coefficient (Wildman–Crippen LogP) is 2.02. The topological polar surface area (TPSA) is 52.7 Å². The van der Waals surface area contributed by atoms with Crippen LogP contribution in [0.3, 0.4) is 0 Å². The van der Waals surface area contributed by atoms with Crippen molar-refractivity contribution in [3.8, 4) is 0 Å². The summed E-state index contributed by atoms with van der Waals surface area (Å²) in [6, 6.07) is 0.223. The first-order valence-electron chi connectivity index (χ1n) is 9.98. The van der Waals surface area contributed by atoms with Gasteiger partial charge in [-0.1, -0.05) is 32.6 Å². The van der Waals surface area contributed by atoms with E-state index in [2.05, 4.69) is 17.1 Å². The number of likely N-dealkylation sites (tertiary alicyclic amines) is 1. The molecule has 1 saturated carbocycles. The van der Waals surface area contributed by atoms with Gasteiger partial charge in [-0.2, -0.15) is 0 Å². The third-order valence-electron chi connectivity index (χ3n) is 6.21. The Balaban J connectivity index is 1.57. The maximum Gasteiger partial charge on any atom is 0.236 e. The fraction of sp³-hybridized carbons (Fsp3) is 0.895. The van der Waals surface area contributed by atoms with Gasteiger partial charge in [-0.25, -0.2) is 0 Å². The summed E-state index contributed by atoms with van der Waals surface area (Å²) in [6.07, 6.45) is 9.37. The van der Waals surface area contributed by atoms with Gasteiger partial charge in [-0.05, 0) is 31.6 Å². The molecule has 24 heavy (non-hydrogen) atoms. The maximum absolute atomic E-state index is 13.0. The normalized spacial score (nSPS) is 27.5.